The molecule has 31 heavy (non-hydrogen) atoms. The van der Waals surface area contributed by atoms with E-state index in [4.69, 9.17) is 9.47 Å². The molecule has 1 aromatic carbocycles. The summed E-state index contributed by atoms with van der Waals surface area (Å²) >= 11 is 0. The molecule has 4 aliphatic rings. The van der Waals surface area contributed by atoms with Crippen LogP contribution >= 0.6 is 0 Å². The van der Waals surface area contributed by atoms with Crippen molar-refractivity contribution in [3.63, 3.8) is 0 Å². The first kappa shape index (κ1) is 20.2. The predicted octanol–water partition coefficient (Wildman–Crippen LogP) is 2.86. The Bertz CT molecular complexity index is 1010. The number of nitrogens with zero attached hydrogens (tertiary/aromatic N) is 3. The second-order valence-corrected chi connectivity index (χ2v) is 9.21. The van der Waals surface area contributed by atoms with Crippen molar-refractivity contribution < 1.29 is 24.2 Å². The maximum atomic E-state index is 13.2. The number of ether oxygens (including phenoxy) is 2. The Balaban J connectivity index is 1.53. The number of esters is 1. The van der Waals surface area contributed by atoms with Crippen molar-refractivity contribution in [1.82, 2.24) is 0 Å². The van der Waals surface area contributed by atoms with Crippen LogP contribution < -0.4 is 9.75 Å². The molecular formula is C23H27N3O5. The summed E-state index contributed by atoms with van der Waals surface area (Å²) in [5, 5.41) is 22.0. The third kappa shape index (κ3) is 2.45. The van der Waals surface area contributed by atoms with Crippen LogP contribution in [0.25, 0.3) is 0 Å². The Kier molecular flexibility index (Phi) is 4.31. The van der Waals surface area contributed by atoms with Gasteiger partial charge in [0.2, 0.25) is 5.54 Å². The molecule has 1 aromatic rings. The lowest BCUT2D eigenvalue weighted by Gasteiger charge is -2.43. The van der Waals surface area contributed by atoms with E-state index in [1.807, 2.05) is 38.1 Å². The molecule has 2 fully saturated rings. The van der Waals surface area contributed by atoms with Crippen LogP contribution in [0.5, 0.6) is 5.75 Å². The third-order valence-corrected chi connectivity index (χ3v) is 7.80. The van der Waals surface area contributed by atoms with Gasteiger partial charge in [0.15, 0.2) is 5.78 Å². The number of carbonyl (C=O) groups is 2. The number of fused-ring (bicyclic) bond motifs is 4. The molecule has 0 amide bonds. The second-order valence-electron chi connectivity index (χ2n) is 9.21. The molecule has 2 aliphatic heterocycles. The summed E-state index contributed by atoms with van der Waals surface area (Å²) in [6, 6.07) is 7.49. The number of rotatable bonds is 3. The lowest BCUT2D eigenvalue weighted by molar-refractivity contribution is -0.166. The van der Waals surface area contributed by atoms with Crippen LogP contribution in [0.1, 0.15) is 33.6 Å². The fourth-order valence-electron chi connectivity index (χ4n) is 5.86. The standard InChI is InChI=1S/C23H27N3O5/c1-4-30-17-8-6-5-7-16(17)26-13-22(24-25-26)15-10-9-14(2)23(29)12-11-18(27)21(23,3)19(15)31-20(22)28/h5-8,11-12,14-15,19,29H,4,9-10,13H2,1-3H3/t14-,15?,19?,21-,22?,23+/m0/s1. The molecule has 2 aliphatic carbocycles. The van der Waals surface area contributed by atoms with Crippen molar-refractivity contribution in [2.45, 2.75) is 50.9 Å². The van der Waals surface area contributed by atoms with Gasteiger partial charge in [-0.2, -0.15) is 0 Å². The van der Waals surface area contributed by atoms with Crippen molar-refractivity contribution in [3.8, 4) is 5.75 Å². The first-order valence-corrected chi connectivity index (χ1v) is 10.9. The molecule has 2 heterocycles. The first-order valence-electron chi connectivity index (χ1n) is 10.9. The van der Waals surface area contributed by atoms with Crippen LogP contribution in [0.2, 0.25) is 0 Å². The molecule has 164 valence electrons. The predicted molar refractivity (Wildman–Crippen MR) is 112 cm³/mol. The molecule has 0 bridgehead atoms. The van der Waals surface area contributed by atoms with Gasteiger partial charge >= 0.3 is 5.97 Å². The van der Waals surface area contributed by atoms with Gasteiger partial charge < -0.3 is 14.6 Å². The minimum atomic E-state index is -1.35. The van der Waals surface area contributed by atoms with E-state index in [1.165, 1.54) is 6.08 Å². The molecule has 1 saturated carbocycles. The van der Waals surface area contributed by atoms with Gasteiger partial charge in [-0.15, -0.1) is 5.11 Å². The fourth-order valence-corrected chi connectivity index (χ4v) is 5.86. The van der Waals surface area contributed by atoms with Gasteiger partial charge in [0.05, 0.1) is 18.6 Å². The zero-order valence-corrected chi connectivity index (χ0v) is 17.9. The molecule has 6 atom stereocenters. The number of para-hydroxylation sites is 2. The summed E-state index contributed by atoms with van der Waals surface area (Å²) < 4.78 is 11.6. The number of ketones is 1. The van der Waals surface area contributed by atoms with Crippen molar-refractivity contribution in [1.29, 1.82) is 0 Å². The maximum Gasteiger partial charge on any atom is 0.338 e. The van der Waals surface area contributed by atoms with Crippen LogP contribution in [0, 0.1) is 17.3 Å². The molecule has 1 N–H and O–H groups in total. The molecule has 8 heteroatoms. The number of carbonyl (C=O) groups excluding carboxylic acids is 2. The van der Waals surface area contributed by atoms with E-state index < -0.39 is 28.6 Å². The molecule has 1 saturated heterocycles. The van der Waals surface area contributed by atoms with Gasteiger partial charge in [0.25, 0.3) is 0 Å². The monoisotopic (exact) mass is 425 g/mol. The van der Waals surface area contributed by atoms with E-state index in [-0.39, 0.29) is 24.2 Å². The van der Waals surface area contributed by atoms with E-state index in [2.05, 4.69) is 10.3 Å². The van der Waals surface area contributed by atoms with Gasteiger partial charge in [0, 0.05) is 5.92 Å². The van der Waals surface area contributed by atoms with Gasteiger partial charge in [-0.05, 0) is 56.9 Å². The first-order chi connectivity index (χ1) is 14.8. The lowest BCUT2D eigenvalue weighted by Crippen LogP contribution is -2.57. The summed E-state index contributed by atoms with van der Waals surface area (Å²) in [6.45, 7) is 6.28. The highest BCUT2D eigenvalue weighted by molar-refractivity contribution is 6.00. The average Bonchev–Trinajstić information content (AvgIpc) is 3.37. The smallest absolute Gasteiger partial charge is 0.338 e. The van der Waals surface area contributed by atoms with Gasteiger partial charge in [-0.3, -0.25) is 4.79 Å². The Morgan fingerprint density at radius 2 is 2.06 bits per heavy atom. The van der Waals surface area contributed by atoms with Crippen molar-refractivity contribution >= 4 is 17.4 Å². The number of hydrogen-bond acceptors (Lipinski definition) is 8. The lowest BCUT2D eigenvalue weighted by atomic mass is 9.63. The summed E-state index contributed by atoms with van der Waals surface area (Å²) in [5.74, 6) is -0.555. The van der Waals surface area contributed by atoms with Gasteiger partial charge in [-0.1, -0.05) is 24.3 Å². The molecule has 0 radical (unpaired) electrons. The van der Waals surface area contributed by atoms with Gasteiger partial charge in [0.1, 0.15) is 23.1 Å². The number of allylic oxidation sites excluding steroid dienone is 1. The second kappa shape index (κ2) is 6.63. The van der Waals surface area contributed by atoms with E-state index in [0.717, 1.165) is 5.69 Å². The zero-order valence-electron chi connectivity index (χ0n) is 17.9. The highest BCUT2D eigenvalue weighted by atomic mass is 16.6. The Hall–Kier alpha value is -2.74. The molecule has 8 nitrogen and oxygen atoms in total. The fraction of sp³-hybridized carbons (Fsp3) is 0.565. The SMILES string of the molecule is CCOc1ccccc1N1CC2(N=N1)C(=O)OC1C2CC[C@H](C)[C@]2(O)C=CC(=O)[C@@]12C. The van der Waals surface area contributed by atoms with Crippen LogP contribution in [-0.2, 0) is 14.3 Å². The molecule has 3 unspecified atom stereocenters. The quantitative estimate of drug-likeness (QED) is 0.748. The number of aliphatic hydroxyl groups is 1. The molecular weight excluding hydrogens is 398 g/mol. The third-order valence-electron chi connectivity index (χ3n) is 7.80. The highest BCUT2D eigenvalue weighted by Crippen LogP contribution is 2.59. The summed E-state index contributed by atoms with van der Waals surface area (Å²) in [5.41, 5.74) is -3.07. The minimum Gasteiger partial charge on any atom is -0.492 e. The average molecular weight is 425 g/mol. The molecule has 1 spiro atoms. The summed E-state index contributed by atoms with van der Waals surface area (Å²) in [6.07, 6.45) is 3.50. The van der Waals surface area contributed by atoms with E-state index >= 15 is 0 Å². The number of hydrogen-bond donors (Lipinski definition) is 1. The molecule has 0 aromatic heterocycles. The van der Waals surface area contributed by atoms with E-state index in [1.54, 1.807) is 18.0 Å². The minimum absolute atomic E-state index is 0.158. The topological polar surface area (TPSA) is 101 Å². The number of anilines is 1. The normalized spacial score (nSPS) is 40.8. The Labute approximate surface area is 180 Å². The van der Waals surface area contributed by atoms with Crippen molar-refractivity contribution in [3.05, 3.63) is 36.4 Å². The van der Waals surface area contributed by atoms with E-state index in [0.29, 0.717) is 25.2 Å². The maximum absolute atomic E-state index is 13.2. The summed E-state index contributed by atoms with van der Waals surface area (Å²) in [4.78, 5) is 26.2. The zero-order chi connectivity index (χ0) is 22.0. The van der Waals surface area contributed by atoms with Gasteiger partial charge in [-0.25, -0.2) is 9.80 Å². The van der Waals surface area contributed by atoms with Crippen LogP contribution in [0.3, 0.4) is 0 Å². The van der Waals surface area contributed by atoms with Crippen LogP contribution in [-0.4, -0.2) is 47.3 Å². The highest BCUT2D eigenvalue weighted by Gasteiger charge is 2.72. The largest absolute Gasteiger partial charge is 0.492 e. The van der Waals surface area contributed by atoms with Crippen LogP contribution in [0.15, 0.2) is 46.8 Å². The van der Waals surface area contributed by atoms with Crippen molar-refractivity contribution in [2.75, 3.05) is 18.2 Å². The Morgan fingerprint density at radius 1 is 1.29 bits per heavy atom. The van der Waals surface area contributed by atoms with Crippen LogP contribution in [0.4, 0.5) is 5.69 Å². The number of benzene rings is 1. The van der Waals surface area contributed by atoms with E-state index in [9.17, 15) is 14.7 Å². The Morgan fingerprint density at radius 3 is 2.84 bits per heavy atom. The molecule has 5 rings (SSSR count). The van der Waals surface area contributed by atoms with Crippen molar-refractivity contribution in [2.24, 2.45) is 27.6 Å². The summed E-state index contributed by atoms with van der Waals surface area (Å²) in [7, 11) is 0.